The quantitative estimate of drug-likeness (QED) is 0.633. The fraction of sp³-hybridized carbons (Fsp3) is 0.875. The zero-order valence-corrected chi connectivity index (χ0v) is 8.14. The van der Waals surface area contributed by atoms with E-state index >= 15 is 0 Å². The number of hydrogen-bond donors (Lipinski definition) is 2. The van der Waals surface area contributed by atoms with Gasteiger partial charge in [-0.3, -0.25) is 4.79 Å². The van der Waals surface area contributed by atoms with Crippen LogP contribution in [0.1, 0.15) is 12.8 Å². The first-order chi connectivity index (χ1) is 6.16. The van der Waals surface area contributed by atoms with E-state index in [9.17, 15) is 9.90 Å². The first-order valence-corrected chi connectivity index (χ1v) is 4.82. The molecular weight excluding hydrogens is 194 g/mol. The molecule has 1 fully saturated rings. The lowest BCUT2D eigenvalue weighted by Gasteiger charge is -2.20. The van der Waals surface area contributed by atoms with Gasteiger partial charge in [-0.25, -0.2) is 0 Å². The van der Waals surface area contributed by atoms with E-state index in [-0.39, 0.29) is 12.5 Å². The molecule has 0 aromatic carbocycles. The highest BCUT2D eigenvalue weighted by atomic mass is 35.5. The van der Waals surface area contributed by atoms with E-state index in [1.54, 1.807) is 0 Å². The average Bonchev–Trinajstić information content (AvgIpc) is 2.51. The summed E-state index contributed by atoms with van der Waals surface area (Å²) in [5.41, 5.74) is -0.873. The predicted octanol–water partition coefficient (Wildman–Crippen LogP) is -0.117. The Morgan fingerprint density at radius 3 is 3.00 bits per heavy atom. The third-order valence-electron chi connectivity index (χ3n) is 2.02. The maximum Gasteiger partial charge on any atom is 0.221 e. The molecule has 0 aliphatic carbocycles. The Morgan fingerprint density at radius 2 is 2.46 bits per heavy atom. The minimum absolute atomic E-state index is 0.129. The molecule has 1 heterocycles. The zero-order chi connectivity index (χ0) is 9.73. The topological polar surface area (TPSA) is 58.6 Å². The highest BCUT2D eigenvalue weighted by molar-refractivity contribution is 6.18. The largest absolute Gasteiger partial charge is 0.386 e. The Balaban J connectivity index is 2.21. The second-order valence-corrected chi connectivity index (χ2v) is 3.62. The van der Waals surface area contributed by atoms with Crippen LogP contribution < -0.4 is 5.32 Å². The summed E-state index contributed by atoms with van der Waals surface area (Å²) in [6.45, 7) is 1.11. The molecule has 0 bridgehead atoms. The summed E-state index contributed by atoms with van der Waals surface area (Å²) in [5, 5.41) is 12.3. The van der Waals surface area contributed by atoms with Crippen LogP contribution in [0.2, 0.25) is 0 Å². The van der Waals surface area contributed by atoms with Crippen molar-refractivity contribution in [3.8, 4) is 0 Å². The molecule has 1 saturated heterocycles. The van der Waals surface area contributed by atoms with Gasteiger partial charge < -0.3 is 15.2 Å². The van der Waals surface area contributed by atoms with Gasteiger partial charge in [-0.15, -0.1) is 11.6 Å². The molecule has 1 rings (SSSR count). The second-order valence-electron chi connectivity index (χ2n) is 3.24. The number of rotatable bonds is 4. The van der Waals surface area contributed by atoms with Gasteiger partial charge in [0.2, 0.25) is 5.91 Å². The molecule has 0 saturated carbocycles. The molecule has 4 nitrogen and oxygen atoms in total. The third-order valence-corrected chi connectivity index (χ3v) is 2.21. The van der Waals surface area contributed by atoms with Crippen molar-refractivity contribution in [2.24, 2.45) is 0 Å². The van der Waals surface area contributed by atoms with Crippen LogP contribution in [0.5, 0.6) is 0 Å². The van der Waals surface area contributed by atoms with Gasteiger partial charge in [0.15, 0.2) is 0 Å². The van der Waals surface area contributed by atoms with Crippen molar-refractivity contribution in [1.82, 2.24) is 5.32 Å². The molecule has 13 heavy (non-hydrogen) atoms. The summed E-state index contributed by atoms with van der Waals surface area (Å²) in [4.78, 5) is 11.0. The Morgan fingerprint density at radius 1 is 1.69 bits per heavy atom. The predicted molar refractivity (Wildman–Crippen MR) is 48.7 cm³/mol. The van der Waals surface area contributed by atoms with E-state index in [0.29, 0.717) is 31.9 Å². The molecule has 76 valence electrons. The van der Waals surface area contributed by atoms with Crippen LogP contribution in [-0.4, -0.2) is 42.3 Å². The molecule has 0 aromatic rings. The molecule has 5 heteroatoms. The fourth-order valence-electron chi connectivity index (χ4n) is 1.17. The van der Waals surface area contributed by atoms with Gasteiger partial charge in [0.25, 0.3) is 0 Å². The van der Waals surface area contributed by atoms with E-state index < -0.39 is 5.60 Å². The minimum Gasteiger partial charge on any atom is -0.386 e. The van der Waals surface area contributed by atoms with Crippen molar-refractivity contribution < 1.29 is 14.6 Å². The number of nitrogens with one attached hydrogen (secondary N) is 1. The van der Waals surface area contributed by atoms with E-state index in [2.05, 4.69) is 5.32 Å². The number of alkyl halides is 1. The molecule has 0 spiro atoms. The third kappa shape index (κ3) is 3.50. The molecule has 1 aliphatic rings. The van der Waals surface area contributed by atoms with Gasteiger partial charge >= 0.3 is 0 Å². The summed E-state index contributed by atoms with van der Waals surface area (Å²) < 4.78 is 5.02. The average molecular weight is 208 g/mol. The Labute approximate surface area is 82.2 Å². The summed E-state index contributed by atoms with van der Waals surface area (Å²) in [6.07, 6.45) is 0.868. The monoisotopic (exact) mass is 207 g/mol. The standard InChI is InChI=1S/C8H14ClNO3/c9-3-1-7(11)10-5-8(12)2-4-13-6-8/h12H,1-6H2,(H,10,11). The number of hydrogen-bond acceptors (Lipinski definition) is 3. The molecular formula is C8H14ClNO3. The normalized spacial score (nSPS) is 27.5. The molecule has 2 N–H and O–H groups in total. The van der Waals surface area contributed by atoms with Gasteiger partial charge in [-0.05, 0) is 0 Å². The van der Waals surface area contributed by atoms with Crippen molar-refractivity contribution in [3.63, 3.8) is 0 Å². The molecule has 1 aliphatic heterocycles. The van der Waals surface area contributed by atoms with Crippen molar-refractivity contribution in [2.75, 3.05) is 25.6 Å². The SMILES string of the molecule is O=C(CCCl)NCC1(O)CCOC1. The van der Waals surface area contributed by atoms with Crippen LogP contribution in [0.4, 0.5) is 0 Å². The van der Waals surface area contributed by atoms with Gasteiger partial charge in [-0.1, -0.05) is 0 Å². The molecule has 1 atom stereocenters. The number of ether oxygens (including phenoxy) is 1. The van der Waals surface area contributed by atoms with E-state index in [0.717, 1.165) is 0 Å². The molecule has 1 unspecified atom stereocenters. The van der Waals surface area contributed by atoms with E-state index in [1.165, 1.54) is 0 Å². The van der Waals surface area contributed by atoms with Crippen LogP contribution in [-0.2, 0) is 9.53 Å². The van der Waals surface area contributed by atoms with E-state index in [4.69, 9.17) is 16.3 Å². The number of halogens is 1. The zero-order valence-electron chi connectivity index (χ0n) is 7.38. The summed E-state index contributed by atoms with van der Waals surface area (Å²) in [7, 11) is 0. The summed E-state index contributed by atoms with van der Waals surface area (Å²) in [5.74, 6) is 0.177. The molecule has 1 amide bonds. The number of carbonyl (C=O) groups excluding carboxylic acids is 1. The molecule has 0 radical (unpaired) electrons. The highest BCUT2D eigenvalue weighted by Gasteiger charge is 2.32. The van der Waals surface area contributed by atoms with Crippen molar-refractivity contribution in [2.45, 2.75) is 18.4 Å². The highest BCUT2D eigenvalue weighted by Crippen LogP contribution is 2.16. The van der Waals surface area contributed by atoms with Gasteiger partial charge in [-0.2, -0.15) is 0 Å². The first kappa shape index (κ1) is 10.8. The second kappa shape index (κ2) is 4.79. The van der Waals surface area contributed by atoms with Crippen molar-refractivity contribution in [3.05, 3.63) is 0 Å². The van der Waals surface area contributed by atoms with E-state index in [1.807, 2.05) is 0 Å². The van der Waals surface area contributed by atoms with Crippen LogP contribution in [0.25, 0.3) is 0 Å². The maximum absolute atomic E-state index is 11.0. The Bertz CT molecular complexity index is 180. The van der Waals surface area contributed by atoms with Gasteiger partial charge in [0.05, 0.1) is 6.61 Å². The van der Waals surface area contributed by atoms with Crippen LogP contribution in [0.15, 0.2) is 0 Å². The number of aliphatic hydroxyl groups is 1. The number of amides is 1. The van der Waals surface area contributed by atoms with Gasteiger partial charge in [0, 0.05) is 31.9 Å². The lowest BCUT2D eigenvalue weighted by Crippen LogP contribution is -2.43. The van der Waals surface area contributed by atoms with Crippen molar-refractivity contribution >= 4 is 17.5 Å². The smallest absolute Gasteiger partial charge is 0.221 e. The van der Waals surface area contributed by atoms with Crippen LogP contribution >= 0.6 is 11.6 Å². The Hall–Kier alpha value is -0.320. The van der Waals surface area contributed by atoms with Crippen LogP contribution in [0, 0.1) is 0 Å². The summed E-state index contributed by atoms with van der Waals surface area (Å²) >= 11 is 5.38. The van der Waals surface area contributed by atoms with Crippen molar-refractivity contribution in [1.29, 1.82) is 0 Å². The summed E-state index contributed by atoms with van der Waals surface area (Å²) in [6, 6.07) is 0. The van der Waals surface area contributed by atoms with Gasteiger partial charge in [0.1, 0.15) is 5.60 Å². The lowest BCUT2D eigenvalue weighted by atomic mass is 10.0. The molecule has 0 aromatic heterocycles. The maximum atomic E-state index is 11.0. The first-order valence-electron chi connectivity index (χ1n) is 4.29. The van der Waals surface area contributed by atoms with Crippen LogP contribution in [0.3, 0.4) is 0 Å². The number of carbonyl (C=O) groups is 1. The Kier molecular flexibility index (Phi) is 3.96. The minimum atomic E-state index is -0.873. The lowest BCUT2D eigenvalue weighted by molar-refractivity contribution is -0.121. The fourth-order valence-corrected chi connectivity index (χ4v) is 1.34.